The molecule has 2 rings (SSSR count). The lowest BCUT2D eigenvalue weighted by atomic mass is 10.0. The summed E-state index contributed by atoms with van der Waals surface area (Å²) >= 11 is 0. The molecular formula is C21H28N2O4S. The molecule has 0 aliphatic heterocycles. The molecule has 0 fully saturated rings. The summed E-state index contributed by atoms with van der Waals surface area (Å²) in [4.78, 5) is 12.5. The van der Waals surface area contributed by atoms with Crippen molar-refractivity contribution < 1.29 is 17.9 Å². The predicted molar refractivity (Wildman–Crippen MR) is 112 cm³/mol. The SMILES string of the molecule is CCc1ccc(CC)c(CNC(=O)CN(c2cccc(OC)c2)S(C)(=O)=O)c1. The lowest BCUT2D eigenvalue weighted by Crippen LogP contribution is -2.40. The minimum atomic E-state index is -3.63. The zero-order valence-electron chi connectivity index (χ0n) is 16.9. The number of carbonyl (C=O) groups excluding carboxylic acids is 1. The van der Waals surface area contributed by atoms with E-state index >= 15 is 0 Å². The van der Waals surface area contributed by atoms with Gasteiger partial charge >= 0.3 is 0 Å². The normalized spacial score (nSPS) is 11.1. The van der Waals surface area contributed by atoms with Gasteiger partial charge in [0, 0.05) is 12.6 Å². The highest BCUT2D eigenvalue weighted by Crippen LogP contribution is 2.23. The summed E-state index contributed by atoms with van der Waals surface area (Å²) in [6.07, 6.45) is 2.87. The topological polar surface area (TPSA) is 75.7 Å². The highest BCUT2D eigenvalue weighted by molar-refractivity contribution is 7.92. The Hall–Kier alpha value is -2.54. The molecule has 0 saturated carbocycles. The number of nitrogens with one attached hydrogen (secondary N) is 1. The third-order valence-electron chi connectivity index (χ3n) is 4.56. The third kappa shape index (κ3) is 5.73. The summed E-state index contributed by atoms with van der Waals surface area (Å²) in [5.74, 6) is 0.160. The van der Waals surface area contributed by atoms with Crippen molar-refractivity contribution in [1.29, 1.82) is 0 Å². The molecule has 6 nitrogen and oxygen atoms in total. The van der Waals surface area contributed by atoms with Gasteiger partial charge in [0.1, 0.15) is 12.3 Å². The van der Waals surface area contributed by atoms with Gasteiger partial charge in [-0.2, -0.15) is 0 Å². The summed E-state index contributed by atoms with van der Waals surface area (Å²) in [6, 6.07) is 12.9. The maximum absolute atomic E-state index is 12.5. The van der Waals surface area contributed by atoms with Crippen molar-refractivity contribution >= 4 is 21.6 Å². The Morgan fingerprint density at radius 3 is 2.43 bits per heavy atom. The number of hydrogen-bond acceptors (Lipinski definition) is 4. The van der Waals surface area contributed by atoms with E-state index in [1.807, 2.05) is 0 Å². The van der Waals surface area contributed by atoms with Crippen LogP contribution >= 0.6 is 0 Å². The Labute approximate surface area is 167 Å². The fraction of sp³-hybridized carbons (Fsp3) is 0.381. The van der Waals surface area contributed by atoms with Gasteiger partial charge in [0.05, 0.1) is 19.1 Å². The van der Waals surface area contributed by atoms with Crippen molar-refractivity contribution in [1.82, 2.24) is 5.32 Å². The molecule has 7 heteroatoms. The number of hydrogen-bond donors (Lipinski definition) is 1. The van der Waals surface area contributed by atoms with Gasteiger partial charge in [-0.1, -0.05) is 38.1 Å². The molecule has 0 atom stereocenters. The van der Waals surface area contributed by atoms with Gasteiger partial charge in [-0.15, -0.1) is 0 Å². The second-order valence-electron chi connectivity index (χ2n) is 6.56. The van der Waals surface area contributed by atoms with Gasteiger partial charge in [0.2, 0.25) is 15.9 Å². The smallest absolute Gasteiger partial charge is 0.241 e. The Morgan fingerprint density at radius 2 is 1.82 bits per heavy atom. The predicted octanol–water partition coefficient (Wildman–Crippen LogP) is 2.90. The lowest BCUT2D eigenvalue weighted by molar-refractivity contribution is -0.119. The molecule has 0 aliphatic carbocycles. The minimum Gasteiger partial charge on any atom is -0.497 e. The second kappa shape index (κ2) is 9.59. The summed E-state index contributed by atoms with van der Waals surface area (Å²) in [7, 11) is -2.12. The van der Waals surface area contributed by atoms with Crippen LogP contribution in [-0.4, -0.2) is 34.2 Å². The number of carbonyl (C=O) groups is 1. The molecular weight excluding hydrogens is 376 g/mol. The van der Waals surface area contributed by atoms with Crippen LogP contribution in [0.15, 0.2) is 42.5 Å². The monoisotopic (exact) mass is 404 g/mol. The maximum Gasteiger partial charge on any atom is 0.241 e. The van der Waals surface area contributed by atoms with E-state index in [0.29, 0.717) is 18.0 Å². The number of methoxy groups -OCH3 is 1. The summed E-state index contributed by atoms with van der Waals surface area (Å²) in [5, 5.41) is 2.85. The highest BCUT2D eigenvalue weighted by atomic mass is 32.2. The lowest BCUT2D eigenvalue weighted by Gasteiger charge is -2.22. The highest BCUT2D eigenvalue weighted by Gasteiger charge is 2.21. The van der Waals surface area contributed by atoms with Gasteiger partial charge in [-0.3, -0.25) is 9.10 Å². The zero-order valence-corrected chi connectivity index (χ0v) is 17.7. The van der Waals surface area contributed by atoms with Crippen LogP contribution in [0.3, 0.4) is 0 Å². The van der Waals surface area contributed by atoms with Crippen molar-refractivity contribution in [2.24, 2.45) is 0 Å². The number of aryl methyl sites for hydroxylation is 2. The van der Waals surface area contributed by atoms with E-state index in [1.165, 1.54) is 18.2 Å². The van der Waals surface area contributed by atoms with E-state index in [2.05, 4.69) is 37.4 Å². The number of nitrogens with zero attached hydrogens (tertiary/aromatic N) is 1. The molecule has 0 bridgehead atoms. The number of anilines is 1. The summed E-state index contributed by atoms with van der Waals surface area (Å²) < 4.78 is 30.7. The Balaban J connectivity index is 2.15. The first-order valence-electron chi connectivity index (χ1n) is 9.27. The third-order valence-corrected chi connectivity index (χ3v) is 5.71. The van der Waals surface area contributed by atoms with Gasteiger partial charge in [0.15, 0.2) is 0 Å². The molecule has 2 aromatic carbocycles. The zero-order chi connectivity index (χ0) is 20.7. The number of sulfonamides is 1. The molecule has 1 amide bonds. The average molecular weight is 405 g/mol. The summed E-state index contributed by atoms with van der Waals surface area (Å²) in [6.45, 7) is 4.23. The minimum absolute atomic E-state index is 0.291. The van der Waals surface area contributed by atoms with Crippen LogP contribution in [-0.2, 0) is 34.2 Å². The van der Waals surface area contributed by atoms with E-state index in [0.717, 1.165) is 29.0 Å². The van der Waals surface area contributed by atoms with Crippen molar-refractivity contribution in [3.8, 4) is 5.75 Å². The molecule has 0 aliphatic rings. The number of rotatable bonds is 9. The van der Waals surface area contributed by atoms with Crippen LogP contribution in [0.2, 0.25) is 0 Å². The van der Waals surface area contributed by atoms with Gasteiger partial charge in [-0.05, 0) is 41.7 Å². The Morgan fingerprint density at radius 1 is 1.07 bits per heavy atom. The Kier molecular flexibility index (Phi) is 7.45. The van der Waals surface area contributed by atoms with Crippen LogP contribution in [0.25, 0.3) is 0 Å². The first-order chi connectivity index (χ1) is 13.3. The van der Waals surface area contributed by atoms with Crippen molar-refractivity contribution in [2.45, 2.75) is 33.2 Å². The van der Waals surface area contributed by atoms with Gasteiger partial charge in [-0.25, -0.2) is 8.42 Å². The molecule has 1 N–H and O–H groups in total. The first-order valence-corrected chi connectivity index (χ1v) is 11.1. The molecule has 28 heavy (non-hydrogen) atoms. The first kappa shape index (κ1) is 21.8. The molecule has 0 radical (unpaired) electrons. The van der Waals surface area contributed by atoms with Crippen LogP contribution in [0.5, 0.6) is 5.75 Å². The van der Waals surface area contributed by atoms with Crippen LogP contribution in [0, 0.1) is 0 Å². The van der Waals surface area contributed by atoms with Crippen LogP contribution in [0.1, 0.15) is 30.5 Å². The molecule has 0 aromatic heterocycles. The fourth-order valence-corrected chi connectivity index (χ4v) is 3.80. The quantitative estimate of drug-likeness (QED) is 0.697. The molecule has 152 valence electrons. The molecule has 0 spiro atoms. The Bertz CT molecular complexity index is 926. The van der Waals surface area contributed by atoms with Crippen molar-refractivity contribution in [3.05, 3.63) is 59.2 Å². The standard InChI is InChI=1S/C21H28N2O4S/c1-5-16-10-11-17(6-2)18(12-16)14-22-21(24)15-23(28(4,25)26)19-8-7-9-20(13-19)27-3/h7-13H,5-6,14-15H2,1-4H3,(H,22,24). The fourth-order valence-electron chi connectivity index (χ4n) is 2.95. The van der Waals surface area contributed by atoms with Crippen molar-refractivity contribution in [3.63, 3.8) is 0 Å². The van der Waals surface area contributed by atoms with Crippen molar-refractivity contribution in [2.75, 3.05) is 24.2 Å². The van der Waals surface area contributed by atoms with E-state index in [4.69, 9.17) is 4.74 Å². The van der Waals surface area contributed by atoms with E-state index < -0.39 is 10.0 Å². The van der Waals surface area contributed by atoms with E-state index in [9.17, 15) is 13.2 Å². The number of amides is 1. The number of ether oxygens (including phenoxy) is 1. The van der Waals surface area contributed by atoms with Gasteiger partial charge < -0.3 is 10.1 Å². The van der Waals surface area contributed by atoms with E-state index in [1.54, 1.807) is 24.3 Å². The maximum atomic E-state index is 12.5. The summed E-state index contributed by atoms with van der Waals surface area (Å²) in [5.41, 5.74) is 3.82. The molecule has 0 saturated heterocycles. The van der Waals surface area contributed by atoms with Gasteiger partial charge in [0.25, 0.3) is 0 Å². The number of benzene rings is 2. The molecule has 0 heterocycles. The average Bonchev–Trinajstić information content (AvgIpc) is 2.69. The van der Waals surface area contributed by atoms with Crippen LogP contribution in [0.4, 0.5) is 5.69 Å². The molecule has 0 unspecified atom stereocenters. The van der Waals surface area contributed by atoms with E-state index in [-0.39, 0.29) is 12.5 Å². The second-order valence-corrected chi connectivity index (χ2v) is 8.46. The molecule has 2 aromatic rings. The van der Waals surface area contributed by atoms with Crippen LogP contribution < -0.4 is 14.4 Å². The largest absolute Gasteiger partial charge is 0.497 e.